The summed E-state index contributed by atoms with van der Waals surface area (Å²) in [6.07, 6.45) is -8.56. The predicted molar refractivity (Wildman–Crippen MR) is 134 cm³/mol. The lowest BCUT2D eigenvalue weighted by molar-refractivity contribution is -0.309. The third kappa shape index (κ3) is 7.86. The Balaban J connectivity index is 1.65. The number of halogens is 1. The molecule has 0 aromatic carbocycles. The minimum atomic E-state index is -1.89. The first-order valence-electron chi connectivity index (χ1n) is 12.7. The summed E-state index contributed by atoms with van der Waals surface area (Å²) in [4.78, 5) is 15.5. The summed E-state index contributed by atoms with van der Waals surface area (Å²) in [7, 11) is 1.57. The van der Waals surface area contributed by atoms with E-state index in [2.05, 4.69) is 15.5 Å². The van der Waals surface area contributed by atoms with Crippen molar-refractivity contribution in [1.29, 1.82) is 0 Å². The van der Waals surface area contributed by atoms with Crippen LogP contribution in [-0.4, -0.2) is 126 Å². The van der Waals surface area contributed by atoms with Gasteiger partial charge >= 0.3 is 0 Å². The highest BCUT2D eigenvalue weighted by atomic mass is 19.1. The molecular formula is C22H40FN7O9. The van der Waals surface area contributed by atoms with E-state index in [0.29, 0.717) is 0 Å². The first-order chi connectivity index (χ1) is 18.5. The Hall–Kier alpha value is -1.90. The van der Waals surface area contributed by atoms with Crippen LogP contribution < -0.4 is 28.3 Å². The van der Waals surface area contributed by atoms with Gasteiger partial charge in [-0.25, -0.2) is 9.38 Å². The molecule has 8 unspecified atom stereocenters. The molecule has 0 bridgehead atoms. The molecule has 0 amide bonds. The molecule has 224 valence electrons. The van der Waals surface area contributed by atoms with Gasteiger partial charge in [0.2, 0.25) is 0 Å². The van der Waals surface area contributed by atoms with Crippen LogP contribution in [0.15, 0.2) is 22.3 Å². The zero-order chi connectivity index (χ0) is 28.9. The Labute approximate surface area is 224 Å². The smallest absolute Gasteiger partial charge is 0.187 e. The number of alkyl halides is 1. The average Bonchev–Trinajstić information content (AvgIpc) is 2.88. The second-order valence-corrected chi connectivity index (χ2v) is 9.93. The fourth-order valence-electron chi connectivity index (χ4n) is 5.01. The van der Waals surface area contributed by atoms with Gasteiger partial charge in [-0.15, -0.1) is 0 Å². The van der Waals surface area contributed by atoms with Crippen LogP contribution in [0, 0.1) is 4.91 Å². The van der Waals surface area contributed by atoms with Gasteiger partial charge in [0, 0.05) is 24.9 Å². The predicted octanol–water partition coefficient (Wildman–Crippen LogP) is -4.03. The van der Waals surface area contributed by atoms with Crippen LogP contribution in [0.5, 0.6) is 0 Å². The van der Waals surface area contributed by atoms with E-state index in [1.54, 1.807) is 7.05 Å². The molecule has 16 nitrogen and oxygen atoms in total. The van der Waals surface area contributed by atoms with Crippen molar-refractivity contribution in [1.82, 2.24) is 5.32 Å². The van der Waals surface area contributed by atoms with Crippen LogP contribution in [0.3, 0.4) is 0 Å². The van der Waals surface area contributed by atoms with E-state index in [4.69, 9.17) is 41.9 Å². The van der Waals surface area contributed by atoms with Gasteiger partial charge in [-0.05, 0) is 19.5 Å². The highest BCUT2D eigenvalue weighted by Crippen LogP contribution is 2.30. The lowest BCUT2D eigenvalue weighted by atomic mass is 9.85. The first kappa shape index (κ1) is 31.6. The number of nitrogens with zero attached hydrogens (tertiary/aromatic N) is 2. The van der Waals surface area contributed by atoms with Gasteiger partial charge in [0.15, 0.2) is 31.0 Å². The molecule has 13 N–H and O–H groups in total. The fraction of sp³-hybridized carbons (Fsp3) is 0.864. The lowest BCUT2D eigenvalue weighted by Gasteiger charge is -2.43. The largest absolute Gasteiger partial charge is 0.394 e. The van der Waals surface area contributed by atoms with E-state index in [1.807, 2.05) is 0 Å². The number of guanidine groups is 1. The van der Waals surface area contributed by atoms with E-state index in [9.17, 15) is 29.7 Å². The van der Waals surface area contributed by atoms with Crippen molar-refractivity contribution in [3.8, 4) is 0 Å². The van der Waals surface area contributed by atoms with Gasteiger partial charge < -0.3 is 67.6 Å². The van der Waals surface area contributed by atoms with Gasteiger partial charge in [0.25, 0.3) is 0 Å². The zero-order valence-electron chi connectivity index (χ0n) is 21.5. The summed E-state index contributed by atoms with van der Waals surface area (Å²) in [5.41, 5.74) is 22.4. The van der Waals surface area contributed by atoms with E-state index >= 15 is 0 Å². The molecule has 1 saturated carbocycles. The molecule has 1 aliphatic carbocycles. The number of nitroso groups, excluding NO2 is 1. The Kier molecular flexibility index (Phi) is 11.5. The number of nitrogens with one attached hydrogen (secondary N) is 1. The van der Waals surface area contributed by atoms with E-state index in [0.717, 1.165) is 0 Å². The maximum absolute atomic E-state index is 14.5. The van der Waals surface area contributed by atoms with Crippen molar-refractivity contribution in [2.75, 3.05) is 13.7 Å². The second-order valence-electron chi connectivity index (χ2n) is 9.93. The molecule has 0 spiro atoms. The van der Waals surface area contributed by atoms with Crippen LogP contribution in [0.1, 0.15) is 19.3 Å². The molecule has 2 aliphatic heterocycles. The standard InChI is InChI=1S/C22H40FN7O9/c1-28-17-13(32)4-8(2-3-15(33)38-19-10(25)5-9(24)18(34)16(19)23)36-21(17)39-20-12(30-35)6-11(29-22(26)27)14(7-31)37-20/h2-3,8-21,28,31-34H,4-7,24-25H2,1H3,(H4,26,27,29)/b3-2+/t8-,9+,10?,11-,12?,13?,14?,15+,16?,17?,18?,19+,20+,21?/m0/s1. The SMILES string of the molecule is CNC1C(O)C[C@H](/C=C/[C@H](O)O[C@@H]2C(N)C[C@@H](N)C(O)C2F)OC1O[C@H]1OC(CO)[C@@H](N=C(N)N)CC1N=O. The first-order valence-corrected chi connectivity index (χ1v) is 12.7. The molecule has 0 radical (unpaired) electrons. The summed E-state index contributed by atoms with van der Waals surface area (Å²) in [5.74, 6) is -0.242. The molecule has 17 heteroatoms. The van der Waals surface area contributed by atoms with Crippen molar-refractivity contribution in [2.45, 2.75) is 105 Å². The van der Waals surface area contributed by atoms with Gasteiger partial charge in [-0.2, -0.15) is 4.91 Å². The molecule has 0 aromatic heterocycles. The number of aliphatic hydroxyl groups is 4. The summed E-state index contributed by atoms with van der Waals surface area (Å²) in [6, 6.07) is -4.21. The van der Waals surface area contributed by atoms with Crippen molar-refractivity contribution in [3.63, 3.8) is 0 Å². The molecule has 3 rings (SSSR count). The number of hydrogen-bond donors (Lipinski definition) is 9. The highest BCUT2D eigenvalue weighted by Gasteiger charge is 2.45. The number of ether oxygens (including phenoxy) is 4. The van der Waals surface area contributed by atoms with E-state index in [-0.39, 0.29) is 25.2 Å². The zero-order valence-corrected chi connectivity index (χ0v) is 21.5. The number of hydrogen-bond acceptors (Lipinski definition) is 14. The summed E-state index contributed by atoms with van der Waals surface area (Å²) >= 11 is 0. The summed E-state index contributed by atoms with van der Waals surface area (Å²) in [5, 5.41) is 46.5. The Morgan fingerprint density at radius 3 is 2.49 bits per heavy atom. The monoisotopic (exact) mass is 565 g/mol. The maximum Gasteiger partial charge on any atom is 0.187 e. The molecule has 39 heavy (non-hydrogen) atoms. The highest BCUT2D eigenvalue weighted by molar-refractivity contribution is 5.75. The van der Waals surface area contributed by atoms with Gasteiger partial charge in [-0.1, -0.05) is 11.3 Å². The molecule has 3 fully saturated rings. The van der Waals surface area contributed by atoms with Crippen LogP contribution >= 0.6 is 0 Å². The minimum Gasteiger partial charge on any atom is -0.394 e. The number of rotatable bonds is 10. The average molecular weight is 566 g/mol. The van der Waals surface area contributed by atoms with Crippen LogP contribution in [0.2, 0.25) is 0 Å². The molecule has 3 aliphatic rings. The van der Waals surface area contributed by atoms with Crippen LogP contribution in [0.25, 0.3) is 0 Å². The summed E-state index contributed by atoms with van der Waals surface area (Å²) < 4.78 is 37.3. The van der Waals surface area contributed by atoms with Crippen molar-refractivity contribution >= 4 is 5.96 Å². The maximum atomic E-state index is 14.5. The van der Waals surface area contributed by atoms with Gasteiger partial charge in [0.05, 0.1) is 30.9 Å². The normalized spacial score (nSPS) is 44.2. The van der Waals surface area contributed by atoms with Crippen molar-refractivity contribution in [2.24, 2.45) is 33.1 Å². The third-order valence-corrected chi connectivity index (χ3v) is 7.09. The van der Waals surface area contributed by atoms with Gasteiger partial charge in [-0.3, -0.25) is 0 Å². The Bertz CT molecular complexity index is 857. The summed E-state index contributed by atoms with van der Waals surface area (Å²) in [6.45, 7) is -0.465. The Morgan fingerprint density at radius 1 is 1.15 bits per heavy atom. The number of nitrogens with two attached hydrogens (primary N) is 4. The lowest BCUT2D eigenvalue weighted by Crippen LogP contribution is -2.61. The molecule has 0 aromatic rings. The van der Waals surface area contributed by atoms with Gasteiger partial charge in [0.1, 0.15) is 24.4 Å². The molecule has 2 saturated heterocycles. The Morgan fingerprint density at radius 2 is 1.87 bits per heavy atom. The van der Waals surface area contributed by atoms with Crippen molar-refractivity contribution < 1.29 is 43.8 Å². The van der Waals surface area contributed by atoms with E-state index < -0.39 is 92.4 Å². The minimum absolute atomic E-state index is 0.0299. The second kappa shape index (κ2) is 14.1. The quantitative estimate of drug-likeness (QED) is 0.0401. The fourth-order valence-corrected chi connectivity index (χ4v) is 5.01. The molecule has 14 atom stereocenters. The number of aliphatic hydroxyl groups excluding tert-OH is 4. The van der Waals surface area contributed by atoms with Crippen molar-refractivity contribution in [3.05, 3.63) is 17.1 Å². The number of likely N-dealkylation sites (N-methyl/N-ethyl adjacent to an activating group) is 1. The number of aliphatic imine (C=N–C) groups is 1. The van der Waals surface area contributed by atoms with E-state index in [1.165, 1.54) is 12.2 Å². The molecule has 2 heterocycles. The topological polar surface area (TPSA) is 276 Å². The van der Waals surface area contributed by atoms with Crippen LogP contribution in [0.4, 0.5) is 4.39 Å². The third-order valence-electron chi connectivity index (χ3n) is 7.09. The van der Waals surface area contributed by atoms with Crippen LogP contribution in [-0.2, 0) is 18.9 Å². The molecular weight excluding hydrogens is 525 g/mol.